The first-order valence-corrected chi connectivity index (χ1v) is 6.96. The Hall–Kier alpha value is -1.83. The minimum absolute atomic E-state index is 0.0766. The molecule has 1 aliphatic rings. The largest absolute Gasteiger partial charge is 0.426 e. The lowest BCUT2D eigenvalue weighted by molar-refractivity contribution is -0.139. The molecule has 0 aliphatic heterocycles. The smallest absolute Gasteiger partial charge is 0.314 e. The Balaban J connectivity index is 1.82. The van der Waals surface area contributed by atoms with E-state index < -0.39 is 0 Å². The Morgan fingerprint density at radius 2 is 1.89 bits per heavy atom. The van der Waals surface area contributed by atoms with Crippen LogP contribution in [0.15, 0.2) is 36.4 Å². The van der Waals surface area contributed by atoms with Crippen molar-refractivity contribution < 1.29 is 9.53 Å². The quantitative estimate of drug-likeness (QED) is 0.594. The summed E-state index contributed by atoms with van der Waals surface area (Å²) in [5, 5.41) is 1.94. The topological polar surface area (TPSA) is 26.3 Å². The summed E-state index contributed by atoms with van der Waals surface area (Å²) in [7, 11) is 0. The zero-order chi connectivity index (χ0) is 13.1. The normalized spacial score (nSPS) is 16.4. The predicted octanol–water partition coefficient (Wildman–Crippen LogP) is 4.13. The van der Waals surface area contributed by atoms with Gasteiger partial charge in [0.15, 0.2) is 0 Å². The number of ether oxygens (including phenoxy) is 1. The Kier molecular flexibility index (Phi) is 3.49. The van der Waals surface area contributed by atoms with Crippen molar-refractivity contribution in [1.29, 1.82) is 0 Å². The number of benzene rings is 2. The average Bonchev–Trinajstić information content (AvgIpc) is 2.48. The third-order valence-corrected chi connectivity index (χ3v) is 3.81. The molecular formula is C17H17O2. The molecule has 19 heavy (non-hydrogen) atoms. The molecule has 0 N–H and O–H groups in total. The molecule has 1 radical (unpaired) electrons. The van der Waals surface area contributed by atoms with Crippen molar-refractivity contribution in [3.05, 3.63) is 42.5 Å². The van der Waals surface area contributed by atoms with Crippen LogP contribution in [-0.2, 0) is 4.79 Å². The highest BCUT2D eigenvalue weighted by atomic mass is 16.5. The van der Waals surface area contributed by atoms with Gasteiger partial charge in [-0.05, 0) is 30.4 Å². The second-order valence-electron chi connectivity index (χ2n) is 5.15. The van der Waals surface area contributed by atoms with Gasteiger partial charge in [-0.15, -0.1) is 0 Å². The Morgan fingerprint density at radius 1 is 1.11 bits per heavy atom. The highest BCUT2D eigenvalue weighted by Crippen LogP contribution is 2.29. The van der Waals surface area contributed by atoms with Crippen LogP contribution in [0.2, 0.25) is 0 Å². The zero-order valence-electron chi connectivity index (χ0n) is 10.9. The van der Waals surface area contributed by atoms with E-state index in [-0.39, 0.29) is 11.9 Å². The van der Waals surface area contributed by atoms with Gasteiger partial charge >= 0.3 is 5.97 Å². The zero-order valence-corrected chi connectivity index (χ0v) is 10.9. The van der Waals surface area contributed by atoms with Crippen molar-refractivity contribution in [1.82, 2.24) is 0 Å². The van der Waals surface area contributed by atoms with E-state index in [0.717, 1.165) is 36.5 Å². The van der Waals surface area contributed by atoms with E-state index in [1.54, 1.807) is 0 Å². The molecule has 0 saturated heterocycles. The first kappa shape index (κ1) is 12.2. The second kappa shape index (κ2) is 5.43. The lowest BCUT2D eigenvalue weighted by atomic mass is 9.89. The van der Waals surface area contributed by atoms with Gasteiger partial charge < -0.3 is 4.74 Å². The van der Waals surface area contributed by atoms with Crippen LogP contribution in [0.3, 0.4) is 0 Å². The fourth-order valence-corrected chi connectivity index (χ4v) is 2.74. The van der Waals surface area contributed by atoms with E-state index in [9.17, 15) is 4.79 Å². The molecule has 1 saturated carbocycles. The maximum absolute atomic E-state index is 12.2. The number of hydrogen-bond donors (Lipinski definition) is 0. The summed E-state index contributed by atoms with van der Waals surface area (Å²) in [6.07, 6.45) is 5.45. The molecule has 97 valence electrons. The van der Waals surface area contributed by atoms with Crippen LogP contribution in [0.25, 0.3) is 10.8 Å². The van der Waals surface area contributed by atoms with Gasteiger partial charge in [-0.2, -0.15) is 0 Å². The summed E-state index contributed by atoms with van der Waals surface area (Å²) >= 11 is 0. The summed E-state index contributed by atoms with van der Waals surface area (Å²) in [5.41, 5.74) is 0. The van der Waals surface area contributed by atoms with Crippen molar-refractivity contribution >= 4 is 16.7 Å². The van der Waals surface area contributed by atoms with Crippen molar-refractivity contribution in [2.75, 3.05) is 0 Å². The minimum atomic E-state index is -0.0792. The fourth-order valence-electron chi connectivity index (χ4n) is 2.74. The van der Waals surface area contributed by atoms with Crippen LogP contribution in [0.5, 0.6) is 5.75 Å². The van der Waals surface area contributed by atoms with Gasteiger partial charge in [0, 0.05) is 5.39 Å². The number of rotatable bonds is 2. The summed E-state index contributed by atoms with van der Waals surface area (Å²) in [6.45, 7) is 0. The molecule has 0 bridgehead atoms. The van der Waals surface area contributed by atoms with E-state index in [0.29, 0.717) is 5.75 Å². The average molecular weight is 253 g/mol. The van der Waals surface area contributed by atoms with E-state index in [1.165, 1.54) is 6.42 Å². The molecule has 1 aliphatic carbocycles. The Bertz CT molecular complexity index is 577. The van der Waals surface area contributed by atoms with E-state index >= 15 is 0 Å². The third kappa shape index (κ3) is 2.62. The number of carbonyl (C=O) groups excluding carboxylic acids is 1. The molecule has 0 amide bonds. The maximum Gasteiger partial charge on any atom is 0.314 e. The van der Waals surface area contributed by atoms with Gasteiger partial charge in [0.25, 0.3) is 0 Å². The van der Waals surface area contributed by atoms with Gasteiger partial charge in [-0.1, -0.05) is 49.6 Å². The van der Waals surface area contributed by atoms with Gasteiger partial charge in [-0.25, -0.2) is 0 Å². The molecule has 2 aromatic carbocycles. The molecule has 0 atom stereocenters. The van der Waals surface area contributed by atoms with Crippen LogP contribution in [-0.4, -0.2) is 5.97 Å². The standard InChI is InChI=1S/C17H17O2/c18-17(14-8-2-1-3-9-14)19-16-12-6-10-13-7-4-5-11-15(13)16/h4-7,10,12,14H,1-3,8-9H2. The number of esters is 1. The number of fused-ring (bicyclic) bond motifs is 1. The summed E-state index contributed by atoms with van der Waals surface area (Å²) in [6, 6.07) is 14.7. The summed E-state index contributed by atoms with van der Waals surface area (Å²) in [4.78, 5) is 12.2. The van der Waals surface area contributed by atoms with Gasteiger partial charge in [0.2, 0.25) is 0 Å². The van der Waals surface area contributed by atoms with Gasteiger partial charge in [0.05, 0.1) is 5.92 Å². The number of carbonyl (C=O) groups is 1. The number of hydrogen-bond acceptors (Lipinski definition) is 2. The molecule has 0 aromatic heterocycles. The summed E-state index contributed by atoms with van der Waals surface area (Å²) in [5.74, 6) is 0.630. The second-order valence-corrected chi connectivity index (χ2v) is 5.15. The lowest BCUT2D eigenvalue weighted by Gasteiger charge is -2.20. The van der Waals surface area contributed by atoms with Gasteiger partial charge in [-0.3, -0.25) is 4.79 Å². The van der Waals surface area contributed by atoms with Crippen molar-refractivity contribution in [2.24, 2.45) is 5.92 Å². The minimum Gasteiger partial charge on any atom is -0.426 e. The third-order valence-electron chi connectivity index (χ3n) is 3.81. The highest BCUT2D eigenvalue weighted by molar-refractivity contribution is 5.90. The maximum atomic E-state index is 12.2. The molecule has 2 heteroatoms. The van der Waals surface area contributed by atoms with E-state index in [2.05, 4.69) is 6.07 Å². The molecule has 3 rings (SSSR count). The van der Waals surface area contributed by atoms with Crippen LogP contribution in [0.4, 0.5) is 0 Å². The van der Waals surface area contributed by atoms with Crippen molar-refractivity contribution in [3.63, 3.8) is 0 Å². The van der Waals surface area contributed by atoms with Crippen LogP contribution in [0.1, 0.15) is 32.1 Å². The van der Waals surface area contributed by atoms with Crippen LogP contribution < -0.4 is 4.74 Å². The first-order valence-electron chi connectivity index (χ1n) is 6.96. The molecule has 0 spiro atoms. The fraction of sp³-hybridized carbons (Fsp3) is 0.353. The van der Waals surface area contributed by atoms with Crippen LogP contribution >= 0.6 is 0 Å². The Morgan fingerprint density at radius 3 is 2.74 bits per heavy atom. The van der Waals surface area contributed by atoms with Gasteiger partial charge in [0.1, 0.15) is 5.75 Å². The molecule has 0 heterocycles. The van der Waals surface area contributed by atoms with Crippen molar-refractivity contribution in [2.45, 2.75) is 32.1 Å². The highest BCUT2D eigenvalue weighted by Gasteiger charge is 2.23. The first-order chi connectivity index (χ1) is 9.34. The van der Waals surface area contributed by atoms with E-state index in [1.807, 2.05) is 36.4 Å². The monoisotopic (exact) mass is 253 g/mol. The summed E-state index contributed by atoms with van der Waals surface area (Å²) < 4.78 is 5.60. The van der Waals surface area contributed by atoms with Crippen molar-refractivity contribution in [3.8, 4) is 5.75 Å². The lowest BCUT2D eigenvalue weighted by Crippen LogP contribution is -2.22. The molecular weight excluding hydrogens is 236 g/mol. The molecule has 2 aromatic rings. The SMILES string of the molecule is O=C(Oc1cccc2ccc[c]c12)C1CCCCC1. The van der Waals surface area contributed by atoms with Crippen LogP contribution in [0, 0.1) is 12.0 Å². The predicted molar refractivity (Wildman–Crippen MR) is 75.0 cm³/mol. The molecule has 0 unspecified atom stereocenters. The molecule has 1 fully saturated rings. The van der Waals surface area contributed by atoms with E-state index in [4.69, 9.17) is 4.74 Å². The molecule has 2 nitrogen and oxygen atoms in total. The Labute approximate surface area is 113 Å².